The summed E-state index contributed by atoms with van der Waals surface area (Å²) >= 11 is 0. The normalized spacial score (nSPS) is 12.7. The molecule has 154 valence electrons. The van der Waals surface area contributed by atoms with Crippen LogP contribution < -0.4 is 10.1 Å². The molecule has 1 aromatic heterocycles. The zero-order chi connectivity index (χ0) is 21.0. The number of carbonyl (C=O) groups is 1. The maximum atomic E-state index is 12.5. The van der Waals surface area contributed by atoms with Gasteiger partial charge in [-0.3, -0.25) is 4.79 Å². The van der Waals surface area contributed by atoms with E-state index in [1.807, 2.05) is 64.1 Å². The standard InChI is InChI=1S/C24H31N3O2/c1-17-11-6-9-14-21(17)29-16-10-15-27-20-13-8-7-12-19(20)26-22(27)18(2)25-23(28)24(3,4)5/h6-9,11-14,18H,10,15-16H2,1-5H3,(H,25,28). The van der Waals surface area contributed by atoms with Gasteiger partial charge in [-0.25, -0.2) is 4.98 Å². The van der Waals surface area contributed by atoms with Gasteiger partial charge in [0.1, 0.15) is 11.6 Å². The number of hydrogen-bond donors (Lipinski definition) is 1. The van der Waals surface area contributed by atoms with Gasteiger partial charge in [0.2, 0.25) is 5.91 Å². The first-order valence-electron chi connectivity index (χ1n) is 10.2. The Morgan fingerprint density at radius 3 is 2.55 bits per heavy atom. The largest absolute Gasteiger partial charge is 0.493 e. The average molecular weight is 394 g/mol. The van der Waals surface area contributed by atoms with Gasteiger partial charge >= 0.3 is 0 Å². The summed E-state index contributed by atoms with van der Waals surface area (Å²) in [6.07, 6.45) is 0.849. The summed E-state index contributed by atoms with van der Waals surface area (Å²) in [5.41, 5.74) is 2.72. The van der Waals surface area contributed by atoms with Crippen LogP contribution in [0.1, 0.15) is 51.5 Å². The van der Waals surface area contributed by atoms with E-state index in [0.717, 1.165) is 41.1 Å². The number of nitrogens with zero attached hydrogens (tertiary/aromatic N) is 2. The highest BCUT2D eigenvalue weighted by atomic mass is 16.5. The molecule has 5 heteroatoms. The van der Waals surface area contributed by atoms with E-state index in [1.54, 1.807) is 0 Å². The molecule has 0 radical (unpaired) electrons. The predicted octanol–water partition coefficient (Wildman–Crippen LogP) is 5.04. The third kappa shape index (κ3) is 4.97. The number of nitrogens with one attached hydrogen (secondary N) is 1. The molecule has 2 aromatic carbocycles. The highest BCUT2D eigenvalue weighted by Crippen LogP contribution is 2.23. The van der Waals surface area contributed by atoms with E-state index in [9.17, 15) is 4.79 Å². The second-order valence-electron chi connectivity index (χ2n) is 8.52. The fourth-order valence-electron chi connectivity index (χ4n) is 3.26. The molecule has 0 aliphatic carbocycles. The number of aromatic nitrogens is 2. The zero-order valence-electron chi connectivity index (χ0n) is 18.0. The highest BCUT2D eigenvalue weighted by Gasteiger charge is 2.25. The van der Waals surface area contributed by atoms with Crippen LogP contribution in [0.15, 0.2) is 48.5 Å². The van der Waals surface area contributed by atoms with Crippen molar-refractivity contribution in [1.82, 2.24) is 14.9 Å². The minimum Gasteiger partial charge on any atom is -0.493 e. The molecular formula is C24H31N3O2. The number of amides is 1. The Balaban J connectivity index is 1.74. The Morgan fingerprint density at radius 1 is 1.14 bits per heavy atom. The van der Waals surface area contributed by atoms with Crippen molar-refractivity contribution in [1.29, 1.82) is 0 Å². The van der Waals surface area contributed by atoms with Gasteiger partial charge in [0.25, 0.3) is 0 Å². The summed E-state index contributed by atoms with van der Waals surface area (Å²) in [7, 11) is 0. The molecule has 0 aliphatic rings. The monoisotopic (exact) mass is 393 g/mol. The van der Waals surface area contributed by atoms with E-state index in [-0.39, 0.29) is 11.9 Å². The van der Waals surface area contributed by atoms with Crippen LogP contribution in [0.25, 0.3) is 11.0 Å². The number of fused-ring (bicyclic) bond motifs is 1. The summed E-state index contributed by atoms with van der Waals surface area (Å²) in [6, 6.07) is 16.0. The van der Waals surface area contributed by atoms with Crippen LogP contribution in [-0.2, 0) is 11.3 Å². The zero-order valence-corrected chi connectivity index (χ0v) is 18.0. The van der Waals surface area contributed by atoms with E-state index >= 15 is 0 Å². The van der Waals surface area contributed by atoms with Gasteiger partial charge in [0, 0.05) is 12.0 Å². The molecule has 1 heterocycles. The lowest BCUT2D eigenvalue weighted by molar-refractivity contribution is -0.129. The maximum absolute atomic E-state index is 12.5. The van der Waals surface area contributed by atoms with E-state index in [4.69, 9.17) is 9.72 Å². The van der Waals surface area contributed by atoms with Crippen molar-refractivity contribution in [3.8, 4) is 5.75 Å². The molecule has 0 fully saturated rings. The summed E-state index contributed by atoms with van der Waals surface area (Å²) in [5, 5.41) is 3.11. The molecule has 0 spiro atoms. The smallest absolute Gasteiger partial charge is 0.225 e. The number of hydrogen-bond acceptors (Lipinski definition) is 3. The number of benzene rings is 2. The molecule has 3 aromatic rings. The number of para-hydroxylation sites is 3. The SMILES string of the molecule is Cc1ccccc1OCCCn1c(C(C)NC(=O)C(C)(C)C)nc2ccccc21. The van der Waals surface area contributed by atoms with Gasteiger partial charge in [-0.05, 0) is 44.0 Å². The second kappa shape index (κ2) is 8.68. The number of rotatable bonds is 7. The van der Waals surface area contributed by atoms with Crippen LogP contribution >= 0.6 is 0 Å². The molecule has 29 heavy (non-hydrogen) atoms. The minimum atomic E-state index is -0.438. The first kappa shape index (κ1) is 20.9. The Hall–Kier alpha value is -2.82. The fraction of sp³-hybridized carbons (Fsp3) is 0.417. The highest BCUT2D eigenvalue weighted by molar-refractivity contribution is 5.82. The van der Waals surface area contributed by atoms with Crippen LogP contribution in [0.4, 0.5) is 0 Å². The number of ether oxygens (including phenoxy) is 1. The average Bonchev–Trinajstić information content (AvgIpc) is 3.04. The molecule has 0 saturated heterocycles. The van der Waals surface area contributed by atoms with Gasteiger partial charge in [0.05, 0.1) is 23.7 Å². The molecule has 1 N–H and O–H groups in total. The van der Waals surface area contributed by atoms with E-state index in [2.05, 4.69) is 28.9 Å². The molecular weight excluding hydrogens is 362 g/mol. The number of carbonyl (C=O) groups excluding carboxylic acids is 1. The van der Waals surface area contributed by atoms with Crippen molar-refractivity contribution in [2.75, 3.05) is 6.61 Å². The first-order chi connectivity index (χ1) is 13.8. The van der Waals surface area contributed by atoms with Crippen molar-refractivity contribution in [3.05, 3.63) is 59.9 Å². The Labute approximate surface area is 173 Å². The van der Waals surface area contributed by atoms with E-state index in [1.165, 1.54) is 0 Å². The van der Waals surface area contributed by atoms with Crippen LogP contribution in [0.5, 0.6) is 5.75 Å². The van der Waals surface area contributed by atoms with Crippen molar-refractivity contribution in [2.45, 2.75) is 53.6 Å². The van der Waals surface area contributed by atoms with Crippen molar-refractivity contribution in [3.63, 3.8) is 0 Å². The van der Waals surface area contributed by atoms with Gasteiger partial charge in [-0.1, -0.05) is 51.1 Å². The maximum Gasteiger partial charge on any atom is 0.225 e. The minimum absolute atomic E-state index is 0.0199. The molecule has 1 atom stereocenters. The van der Waals surface area contributed by atoms with Crippen LogP contribution in [-0.4, -0.2) is 22.1 Å². The van der Waals surface area contributed by atoms with Crippen molar-refractivity contribution >= 4 is 16.9 Å². The summed E-state index contributed by atoms with van der Waals surface area (Å²) < 4.78 is 8.15. The Bertz CT molecular complexity index is 985. The topological polar surface area (TPSA) is 56.1 Å². The van der Waals surface area contributed by atoms with Crippen LogP contribution in [0.3, 0.4) is 0 Å². The van der Waals surface area contributed by atoms with Gasteiger partial charge < -0.3 is 14.6 Å². The Kier molecular flexibility index (Phi) is 6.26. The fourth-order valence-corrected chi connectivity index (χ4v) is 3.26. The third-order valence-electron chi connectivity index (χ3n) is 4.98. The summed E-state index contributed by atoms with van der Waals surface area (Å²) in [5.74, 6) is 1.82. The summed E-state index contributed by atoms with van der Waals surface area (Å²) in [4.78, 5) is 17.3. The van der Waals surface area contributed by atoms with Gasteiger partial charge in [-0.2, -0.15) is 0 Å². The number of imidazole rings is 1. The van der Waals surface area contributed by atoms with Gasteiger partial charge in [0.15, 0.2) is 0 Å². The lowest BCUT2D eigenvalue weighted by atomic mass is 9.95. The van der Waals surface area contributed by atoms with E-state index < -0.39 is 5.41 Å². The van der Waals surface area contributed by atoms with Crippen LogP contribution in [0, 0.1) is 12.3 Å². The van der Waals surface area contributed by atoms with Gasteiger partial charge in [-0.15, -0.1) is 0 Å². The molecule has 1 unspecified atom stereocenters. The molecule has 0 aliphatic heterocycles. The first-order valence-corrected chi connectivity index (χ1v) is 10.2. The van der Waals surface area contributed by atoms with Crippen molar-refractivity contribution < 1.29 is 9.53 Å². The predicted molar refractivity (Wildman–Crippen MR) is 117 cm³/mol. The van der Waals surface area contributed by atoms with Crippen LogP contribution in [0.2, 0.25) is 0 Å². The molecule has 1 amide bonds. The number of aryl methyl sites for hydroxylation is 2. The lowest BCUT2D eigenvalue weighted by Crippen LogP contribution is -2.37. The lowest BCUT2D eigenvalue weighted by Gasteiger charge is -2.22. The Morgan fingerprint density at radius 2 is 1.83 bits per heavy atom. The second-order valence-corrected chi connectivity index (χ2v) is 8.52. The molecule has 0 bridgehead atoms. The van der Waals surface area contributed by atoms with E-state index in [0.29, 0.717) is 6.61 Å². The quantitative estimate of drug-likeness (QED) is 0.572. The third-order valence-corrected chi connectivity index (χ3v) is 4.98. The molecule has 5 nitrogen and oxygen atoms in total. The molecule has 3 rings (SSSR count). The van der Waals surface area contributed by atoms with Crippen molar-refractivity contribution in [2.24, 2.45) is 5.41 Å². The molecule has 0 saturated carbocycles. The summed E-state index contributed by atoms with van der Waals surface area (Å²) in [6.45, 7) is 11.2.